The van der Waals surface area contributed by atoms with Crippen molar-refractivity contribution in [3.63, 3.8) is 0 Å². The minimum Gasteiger partial charge on any atom is -0.456 e. The van der Waals surface area contributed by atoms with Crippen molar-refractivity contribution in [2.75, 3.05) is 19.5 Å². The van der Waals surface area contributed by atoms with Gasteiger partial charge in [-0.1, -0.05) is 0 Å². The fourth-order valence-corrected chi connectivity index (χ4v) is 2.41. The second-order valence-corrected chi connectivity index (χ2v) is 5.62. The third-order valence-electron chi connectivity index (χ3n) is 1.61. The van der Waals surface area contributed by atoms with Crippen LogP contribution in [0.15, 0.2) is 0 Å². The number of rotatable bonds is 7. The SMILES string of the molecule is CCOP(=O)(CNC(=O)C(=O)OC(C)C)OCC. The smallest absolute Gasteiger partial charge is 0.397 e. The van der Waals surface area contributed by atoms with Crippen molar-refractivity contribution in [2.45, 2.75) is 33.8 Å². The van der Waals surface area contributed by atoms with Gasteiger partial charge in [-0.3, -0.25) is 9.36 Å². The molecule has 0 radical (unpaired) electrons. The Kier molecular flexibility index (Phi) is 7.82. The van der Waals surface area contributed by atoms with Crippen molar-refractivity contribution >= 4 is 19.5 Å². The third kappa shape index (κ3) is 6.74. The van der Waals surface area contributed by atoms with Crippen molar-refractivity contribution < 1.29 is 27.9 Å². The van der Waals surface area contributed by atoms with Gasteiger partial charge in [0, 0.05) is 0 Å². The highest BCUT2D eigenvalue weighted by Gasteiger charge is 2.26. The Labute approximate surface area is 107 Å². The van der Waals surface area contributed by atoms with E-state index in [4.69, 9.17) is 9.05 Å². The maximum atomic E-state index is 12.0. The molecular formula is C10H20NO6P. The van der Waals surface area contributed by atoms with Gasteiger partial charge in [-0.05, 0) is 27.7 Å². The van der Waals surface area contributed by atoms with Gasteiger partial charge in [-0.2, -0.15) is 0 Å². The van der Waals surface area contributed by atoms with Gasteiger partial charge >= 0.3 is 19.5 Å². The molecule has 0 fully saturated rings. The first kappa shape index (κ1) is 17.1. The summed E-state index contributed by atoms with van der Waals surface area (Å²) >= 11 is 0. The summed E-state index contributed by atoms with van der Waals surface area (Å²) in [6, 6.07) is 0. The number of carbonyl (C=O) groups excluding carboxylic acids is 2. The molecule has 0 bridgehead atoms. The molecule has 0 saturated heterocycles. The minimum atomic E-state index is -3.39. The molecule has 0 aliphatic rings. The van der Waals surface area contributed by atoms with Gasteiger partial charge in [0.25, 0.3) is 0 Å². The maximum Gasteiger partial charge on any atom is 0.397 e. The topological polar surface area (TPSA) is 90.9 Å². The van der Waals surface area contributed by atoms with E-state index < -0.39 is 25.6 Å². The Hall–Kier alpha value is -0.910. The van der Waals surface area contributed by atoms with Crippen molar-refractivity contribution in [3.8, 4) is 0 Å². The van der Waals surface area contributed by atoms with E-state index >= 15 is 0 Å². The molecule has 0 saturated carbocycles. The molecule has 0 aliphatic heterocycles. The highest BCUT2D eigenvalue weighted by molar-refractivity contribution is 7.53. The maximum absolute atomic E-state index is 12.0. The van der Waals surface area contributed by atoms with Gasteiger partial charge in [0.05, 0.1) is 19.3 Å². The summed E-state index contributed by atoms with van der Waals surface area (Å²) in [5.74, 6) is -1.99. The summed E-state index contributed by atoms with van der Waals surface area (Å²) in [5.41, 5.74) is 0. The van der Waals surface area contributed by atoms with E-state index in [1.54, 1.807) is 27.7 Å². The molecule has 1 amide bonds. The number of amides is 1. The van der Waals surface area contributed by atoms with Crippen molar-refractivity contribution in [3.05, 3.63) is 0 Å². The molecule has 8 heteroatoms. The second kappa shape index (κ2) is 8.24. The van der Waals surface area contributed by atoms with E-state index in [1.165, 1.54) is 0 Å². The number of carbonyl (C=O) groups is 2. The number of hydrogen-bond donors (Lipinski definition) is 1. The summed E-state index contributed by atoms with van der Waals surface area (Å²) in [6.07, 6.45) is -0.755. The standard InChI is InChI=1S/C10H20NO6P/c1-5-15-18(14,16-6-2)7-11-9(12)10(13)17-8(3)4/h8H,5-7H2,1-4H3,(H,11,12). The third-order valence-corrected chi connectivity index (χ3v) is 3.46. The van der Waals surface area contributed by atoms with Crippen LogP contribution < -0.4 is 5.32 Å². The lowest BCUT2D eigenvalue weighted by atomic mass is 10.5. The molecule has 0 atom stereocenters. The molecule has 0 aliphatic carbocycles. The minimum absolute atomic E-state index is 0.184. The lowest BCUT2D eigenvalue weighted by Crippen LogP contribution is -2.34. The van der Waals surface area contributed by atoms with Crippen LogP contribution in [0.3, 0.4) is 0 Å². The first-order valence-electron chi connectivity index (χ1n) is 5.71. The predicted molar refractivity (Wildman–Crippen MR) is 65.1 cm³/mol. The van der Waals surface area contributed by atoms with Crippen LogP contribution in [0, 0.1) is 0 Å². The quantitative estimate of drug-likeness (QED) is 0.429. The Morgan fingerprint density at radius 1 is 1.17 bits per heavy atom. The largest absolute Gasteiger partial charge is 0.456 e. The van der Waals surface area contributed by atoms with Crippen LogP contribution in [0.5, 0.6) is 0 Å². The van der Waals surface area contributed by atoms with Gasteiger partial charge in [0.2, 0.25) is 0 Å². The van der Waals surface area contributed by atoms with Crippen molar-refractivity contribution in [1.29, 1.82) is 0 Å². The number of hydrogen-bond acceptors (Lipinski definition) is 6. The van der Waals surface area contributed by atoms with E-state index in [1.807, 2.05) is 0 Å². The van der Waals surface area contributed by atoms with E-state index in [0.717, 1.165) is 0 Å². The number of ether oxygens (including phenoxy) is 1. The molecule has 1 N–H and O–H groups in total. The molecule has 7 nitrogen and oxygen atoms in total. The highest BCUT2D eigenvalue weighted by atomic mass is 31.2. The van der Waals surface area contributed by atoms with Gasteiger partial charge in [-0.15, -0.1) is 0 Å². The van der Waals surface area contributed by atoms with Gasteiger partial charge < -0.3 is 19.1 Å². The summed E-state index contributed by atoms with van der Waals surface area (Å²) < 4.78 is 26.5. The Morgan fingerprint density at radius 3 is 2.06 bits per heavy atom. The first-order chi connectivity index (χ1) is 8.34. The van der Waals surface area contributed by atoms with Crippen LogP contribution in [0.4, 0.5) is 0 Å². The first-order valence-corrected chi connectivity index (χ1v) is 7.44. The molecule has 0 aromatic rings. The van der Waals surface area contributed by atoms with Crippen molar-refractivity contribution in [1.82, 2.24) is 5.32 Å². The number of esters is 1. The van der Waals surface area contributed by atoms with Gasteiger partial charge in [0.1, 0.15) is 6.29 Å². The van der Waals surface area contributed by atoms with Crippen molar-refractivity contribution in [2.24, 2.45) is 0 Å². The summed E-state index contributed by atoms with van der Waals surface area (Å²) in [5, 5.41) is 2.17. The molecule has 0 aromatic heterocycles. The average Bonchev–Trinajstić information content (AvgIpc) is 2.25. The lowest BCUT2D eigenvalue weighted by Gasteiger charge is -2.17. The predicted octanol–water partition coefficient (Wildman–Crippen LogP) is 1.28. The zero-order valence-corrected chi connectivity index (χ0v) is 12.0. The van der Waals surface area contributed by atoms with E-state index in [0.29, 0.717) is 0 Å². The van der Waals surface area contributed by atoms with E-state index in [-0.39, 0.29) is 19.5 Å². The van der Waals surface area contributed by atoms with E-state index in [9.17, 15) is 14.2 Å². The van der Waals surface area contributed by atoms with E-state index in [2.05, 4.69) is 10.1 Å². The second-order valence-electron chi connectivity index (χ2n) is 3.56. The molecule has 106 valence electrons. The Morgan fingerprint density at radius 2 is 1.67 bits per heavy atom. The van der Waals surface area contributed by atoms with Gasteiger partial charge in [-0.25, -0.2) is 4.79 Å². The molecule has 18 heavy (non-hydrogen) atoms. The van der Waals surface area contributed by atoms with Gasteiger partial charge in [0.15, 0.2) is 0 Å². The number of nitrogens with one attached hydrogen (secondary N) is 1. The summed E-state index contributed by atoms with van der Waals surface area (Å²) in [6.45, 7) is 6.92. The highest BCUT2D eigenvalue weighted by Crippen LogP contribution is 2.46. The molecule has 0 rings (SSSR count). The molecule has 0 aromatic carbocycles. The lowest BCUT2D eigenvalue weighted by molar-refractivity contribution is -0.157. The normalized spacial score (nSPS) is 11.4. The monoisotopic (exact) mass is 281 g/mol. The molecule has 0 unspecified atom stereocenters. The fraction of sp³-hybridized carbons (Fsp3) is 0.800. The Balaban J connectivity index is 4.31. The van der Waals surface area contributed by atoms with Crippen LogP contribution in [-0.4, -0.2) is 37.5 Å². The average molecular weight is 281 g/mol. The zero-order chi connectivity index (χ0) is 14.2. The Bertz CT molecular complexity index is 320. The van der Waals surface area contributed by atoms with Crippen LogP contribution in [0.2, 0.25) is 0 Å². The zero-order valence-electron chi connectivity index (χ0n) is 11.1. The molecule has 0 heterocycles. The van der Waals surface area contributed by atoms with Crippen LogP contribution >= 0.6 is 7.60 Å². The molecular weight excluding hydrogens is 261 g/mol. The van der Waals surface area contributed by atoms with Crippen LogP contribution in [-0.2, 0) is 27.9 Å². The summed E-state index contributed by atoms with van der Waals surface area (Å²) in [7, 11) is -3.39. The molecule has 0 spiro atoms. The van der Waals surface area contributed by atoms with Crippen LogP contribution in [0.1, 0.15) is 27.7 Å². The fourth-order valence-electron chi connectivity index (χ4n) is 1.03. The van der Waals surface area contributed by atoms with Crippen LogP contribution in [0.25, 0.3) is 0 Å². The summed E-state index contributed by atoms with van der Waals surface area (Å²) in [4.78, 5) is 22.5.